The summed E-state index contributed by atoms with van der Waals surface area (Å²) in [6.07, 6.45) is -1.23. The Morgan fingerprint density at radius 2 is 1.38 bits per heavy atom. The van der Waals surface area contributed by atoms with E-state index < -0.39 is 12.1 Å². The minimum absolute atomic E-state index is 0. The van der Waals surface area contributed by atoms with Crippen molar-refractivity contribution in [3.8, 4) is 0 Å². The number of hydrogen-bond acceptors (Lipinski definition) is 4. The second-order valence-electron chi connectivity index (χ2n) is 1.23. The Balaban J connectivity index is -0.0000000200. The maximum absolute atomic E-state index is 9.45. The van der Waals surface area contributed by atoms with Gasteiger partial charge in [0.05, 0.1) is 0 Å². The van der Waals surface area contributed by atoms with Crippen molar-refractivity contribution in [3.63, 3.8) is 0 Å². The van der Waals surface area contributed by atoms with E-state index in [2.05, 4.69) is 0 Å². The first-order valence-electron chi connectivity index (χ1n) is 2.54. The quantitative estimate of drug-likeness (QED) is 0.321. The summed E-state index contributed by atoms with van der Waals surface area (Å²) >= 11 is 0. The van der Waals surface area contributed by atoms with Crippen LogP contribution < -0.4 is 0 Å². The van der Waals surface area contributed by atoms with Gasteiger partial charge in [0.2, 0.25) is 0 Å². The van der Waals surface area contributed by atoms with Crippen LogP contribution in [0.25, 0.3) is 0 Å². The fraction of sp³-hybridized carbons (Fsp3) is 0.400. The average molecular weight is 224 g/mol. The summed E-state index contributed by atoms with van der Waals surface area (Å²) in [6.45, 7) is 0.697. The molecule has 13 heavy (non-hydrogen) atoms. The molecule has 0 bridgehead atoms. The van der Waals surface area contributed by atoms with E-state index in [4.69, 9.17) is 30.0 Å². The molecule has 7 nitrogen and oxygen atoms in total. The van der Waals surface area contributed by atoms with E-state index in [0.717, 1.165) is 0 Å². The van der Waals surface area contributed by atoms with Gasteiger partial charge in [0.1, 0.15) is 6.10 Å². The Morgan fingerprint density at radius 3 is 1.38 bits per heavy atom. The molecule has 4 N–H and O–H groups in total. The van der Waals surface area contributed by atoms with Crippen molar-refractivity contribution in [2.24, 2.45) is 0 Å². The molecule has 0 aliphatic carbocycles. The number of aliphatic hydroxyl groups excluding tert-OH is 1. The van der Waals surface area contributed by atoms with Crippen molar-refractivity contribution >= 4 is 56.7 Å². The molecule has 0 fully saturated rings. The van der Waals surface area contributed by atoms with E-state index in [-0.39, 0.29) is 53.5 Å². The van der Waals surface area contributed by atoms with Crippen LogP contribution >= 0.6 is 0 Å². The van der Waals surface area contributed by atoms with Crippen molar-refractivity contribution in [1.82, 2.24) is 0 Å². The molecule has 0 saturated carbocycles. The molecule has 8 heteroatoms. The molecule has 0 rings (SSSR count). The number of rotatable bonds is 1. The summed E-state index contributed by atoms with van der Waals surface area (Å²) in [4.78, 5) is 26.2. The summed E-state index contributed by atoms with van der Waals surface area (Å²) in [5, 5.41) is 29.5. The fourth-order valence-electron chi connectivity index (χ4n) is 0. The molecular formula is C5H12CaO7. The largest absolute Gasteiger partial charge is 2.00 e. The van der Waals surface area contributed by atoms with Crippen LogP contribution in [0.5, 0.6) is 0 Å². The Hall–Kier alpha value is -0.370. The third kappa shape index (κ3) is 81.9. The van der Waals surface area contributed by atoms with E-state index >= 15 is 0 Å². The predicted octanol–water partition coefficient (Wildman–Crippen LogP) is -1.30. The summed E-state index contributed by atoms with van der Waals surface area (Å²) in [5.41, 5.74) is 0. The molecule has 0 radical (unpaired) electrons. The van der Waals surface area contributed by atoms with E-state index in [9.17, 15) is 4.79 Å². The summed E-state index contributed by atoms with van der Waals surface area (Å²) in [6, 6.07) is 0. The first kappa shape index (κ1) is 22.9. The van der Waals surface area contributed by atoms with Crippen LogP contribution in [0.4, 0.5) is 0 Å². The van der Waals surface area contributed by atoms with Gasteiger partial charge in [-0.3, -0.25) is 9.59 Å². The van der Waals surface area contributed by atoms with Crippen molar-refractivity contribution in [2.75, 3.05) is 0 Å². The molecule has 76 valence electrons. The average Bonchev–Trinajstić information content (AvgIpc) is 1.90. The molecule has 0 heterocycles. The maximum atomic E-state index is 9.45. The van der Waals surface area contributed by atoms with Gasteiger partial charge in [-0.25, -0.2) is 4.79 Å². The van der Waals surface area contributed by atoms with Gasteiger partial charge in [-0.1, -0.05) is 0 Å². The third-order valence-corrected chi connectivity index (χ3v) is 0.357. The Labute approximate surface area is 107 Å². The van der Waals surface area contributed by atoms with Crippen LogP contribution in [0, 0.1) is 0 Å². The summed E-state index contributed by atoms with van der Waals surface area (Å²) < 4.78 is 0. The zero-order chi connectivity index (χ0) is 10.6. The van der Waals surface area contributed by atoms with Crippen molar-refractivity contribution < 1.29 is 37.7 Å². The van der Waals surface area contributed by atoms with Gasteiger partial charge in [0.15, 0.2) is 0 Å². The van der Waals surface area contributed by atoms with Crippen LogP contribution in [0.1, 0.15) is 9.78 Å². The standard InChI is InChI=1S/C3H6O3.2CH2O2.Ca.2H/c1-2(4)3(5)6;2*2-1-3;;;/h2,4H,1H3,(H,5,6);2*1H,(H,2,3);;;/q;;;+2;2*-1. The van der Waals surface area contributed by atoms with Gasteiger partial charge in [-0.2, -0.15) is 0 Å². The second-order valence-corrected chi connectivity index (χ2v) is 1.23. The number of carboxylic acids is 1. The minimum atomic E-state index is -1.23. The first-order valence-corrected chi connectivity index (χ1v) is 2.54. The number of carbonyl (C=O) groups is 3. The Kier molecular flexibility index (Phi) is 39.8. The molecule has 0 aromatic heterocycles. The molecule has 1 unspecified atom stereocenters. The normalized spacial score (nSPS) is 8.15. The smallest absolute Gasteiger partial charge is 1.00 e. The van der Waals surface area contributed by atoms with Crippen molar-refractivity contribution in [3.05, 3.63) is 0 Å². The number of carboxylic acid groups (broad SMARTS) is 3. The fourth-order valence-corrected chi connectivity index (χ4v) is 0. The predicted molar refractivity (Wildman–Crippen MR) is 44.7 cm³/mol. The zero-order valence-electron chi connectivity index (χ0n) is 8.95. The molecule has 0 aliphatic heterocycles. The van der Waals surface area contributed by atoms with Gasteiger partial charge >= 0.3 is 43.7 Å². The maximum Gasteiger partial charge on any atom is 2.00 e. The molecule has 0 aliphatic rings. The van der Waals surface area contributed by atoms with E-state index in [1.54, 1.807) is 0 Å². The number of aliphatic carboxylic acids is 1. The van der Waals surface area contributed by atoms with Gasteiger partial charge in [0, 0.05) is 0 Å². The molecule has 0 spiro atoms. The SMILES string of the molecule is CC(O)C(=O)O.O=CO.O=CO.[Ca+2].[H-].[H-]. The van der Waals surface area contributed by atoms with Crippen LogP contribution in [-0.4, -0.2) is 83.2 Å². The Morgan fingerprint density at radius 1 is 1.31 bits per heavy atom. The first-order chi connectivity index (χ1) is 5.47. The number of hydrogen-bond donors (Lipinski definition) is 4. The van der Waals surface area contributed by atoms with Gasteiger partial charge in [-0.05, 0) is 6.92 Å². The van der Waals surface area contributed by atoms with Crippen LogP contribution in [0.3, 0.4) is 0 Å². The summed E-state index contributed by atoms with van der Waals surface area (Å²) in [5.74, 6) is -1.19. The monoisotopic (exact) mass is 224 g/mol. The molecule has 0 saturated heterocycles. The topological polar surface area (TPSA) is 132 Å². The molecule has 1 atom stereocenters. The summed E-state index contributed by atoms with van der Waals surface area (Å²) in [7, 11) is 0. The third-order valence-electron chi connectivity index (χ3n) is 0.357. The molecule has 0 amide bonds. The Bertz CT molecular complexity index is 127. The van der Waals surface area contributed by atoms with Gasteiger partial charge in [-0.15, -0.1) is 0 Å². The van der Waals surface area contributed by atoms with Crippen molar-refractivity contribution in [2.45, 2.75) is 13.0 Å². The zero-order valence-corrected chi connectivity index (χ0v) is 9.16. The second kappa shape index (κ2) is 22.6. The van der Waals surface area contributed by atoms with E-state index in [0.29, 0.717) is 0 Å². The van der Waals surface area contributed by atoms with E-state index in [1.807, 2.05) is 0 Å². The van der Waals surface area contributed by atoms with Crippen LogP contribution in [-0.2, 0) is 14.4 Å². The molecule has 0 aromatic carbocycles. The van der Waals surface area contributed by atoms with E-state index in [1.165, 1.54) is 6.92 Å². The molecular weight excluding hydrogens is 212 g/mol. The molecule has 0 aromatic rings. The van der Waals surface area contributed by atoms with Crippen LogP contribution in [0.15, 0.2) is 0 Å². The minimum Gasteiger partial charge on any atom is -1.00 e. The van der Waals surface area contributed by atoms with Gasteiger partial charge < -0.3 is 23.3 Å². The van der Waals surface area contributed by atoms with Gasteiger partial charge in [0.25, 0.3) is 12.9 Å². The van der Waals surface area contributed by atoms with Crippen LogP contribution in [0.2, 0.25) is 0 Å². The number of aliphatic hydroxyl groups is 1. The van der Waals surface area contributed by atoms with Crippen molar-refractivity contribution in [1.29, 1.82) is 0 Å².